The first-order valence-corrected chi connectivity index (χ1v) is 10.9. The molecule has 0 atom stereocenters. The normalized spacial score (nSPS) is 15.1. The van der Waals surface area contributed by atoms with Crippen molar-refractivity contribution in [3.05, 3.63) is 71.4 Å². The summed E-state index contributed by atoms with van der Waals surface area (Å²) >= 11 is 0. The van der Waals surface area contributed by atoms with E-state index in [2.05, 4.69) is 44.4 Å². The summed E-state index contributed by atoms with van der Waals surface area (Å²) in [6.45, 7) is 5.78. The van der Waals surface area contributed by atoms with Crippen LogP contribution in [0.2, 0.25) is 0 Å². The fourth-order valence-corrected chi connectivity index (χ4v) is 3.68. The van der Waals surface area contributed by atoms with E-state index in [1.165, 1.54) is 17.7 Å². The zero-order valence-corrected chi connectivity index (χ0v) is 18.3. The summed E-state index contributed by atoms with van der Waals surface area (Å²) in [5.41, 5.74) is 3.02. The average Bonchev–Trinajstić information content (AvgIpc) is 3.28. The van der Waals surface area contributed by atoms with Gasteiger partial charge in [-0.2, -0.15) is 4.98 Å². The molecule has 32 heavy (non-hydrogen) atoms. The highest BCUT2D eigenvalue weighted by molar-refractivity contribution is 5.76. The molecule has 0 spiro atoms. The third-order valence-corrected chi connectivity index (χ3v) is 5.62. The van der Waals surface area contributed by atoms with Crippen LogP contribution in [0, 0.1) is 5.82 Å². The summed E-state index contributed by atoms with van der Waals surface area (Å²) in [6, 6.07) is 14.2. The molecule has 7 nitrogen and oxygen atoms in total. The van der Waals surface area contributed by atoms with Crippen molar-refractivity contribution in [2.45, 2.75) is 25.9 Å². The van der Waals surface area contributed by atoms with E-state index in [1.54, 1.807) is 12.1 Å². The number of piperazine rings is 1. The number of carbonyl (C=O) groups excluding carboxylic acids is 1. The quantitative estimate of drug-likeness (QED) is 0.584. The van der Waals surface area contributed by atoms with Crippen molar-refractivity contribution in [2.75, 3.05) is 33.2 Å². The number of benzene rings is 2. The Hall–Kier alpha value is -3.10. The maximum atomic E-state index is 13.0. The Kier molecular flexibility index (Phi) is 7.24. The molecule has 8 heteroatoms. The molecule has 4 rings (SSSR count). The molecule has 3 aromatic rings. The molecule has 1 saturated heterocycles. The fraction of sp³-hybridized carbons (Fsp3) is 0.375. The van der Waals surface area contributed by atoms with Crippen molar-refractivity contribution >= 4 is 5.91 Å². The molecular formula is C24H28FN5O2. The van der Waals surface area contributed by atoms with Crippen LogP contribution in [-0.2, 0) is 24.3 Å². The molecule has 1 N–H and O–H groups in total. The number of halogens is 1. The number of rotatable bonds is 8. The standard InChI is InChI=1S/C24H28FN5O2/c1-29-11-13-30(14-12-29)17-19-4-2-3-18(15-19)16-26-22(31)9-10-23-27-24(28-32-23)20-5-7-21(25)8-6-20/h2-8,15H,9-14,16-17H2,1H3,(H,26,31). The van der Waals surface area contributed by atoms with Gasteiger partial charge >= 0.3 is 0 Å². The molecule has 0 radical (unpaired) electrons. The molecule has 1 aliphatic heterocycles. The number of nitrogens with zero attached hydrogens (tertiary/aromatic N) is 4. The Labute approximate surface area is 187 Å². The zero-order chi connectivity index (χ0) is 22.3. The highest BCUT2D eigenvalue weighted by atomic mass is 19.1. The molecule has 0 unspecified atom stereocenters. The predicted octanol–water partition coefficient (Wildman–Crippen LogP) is 2.87. The van der Waals surface area contributed by atoms with Crippen molar-refractivity contribution in [3.8, 4) is 11.4 Å². The van der Waals surface area contributed by atoms with Crippen LogP contribution in [0.1, 0.15) is 23.4 Å². The summed E-state index contributed by atoms with van der Waals surface area (Å²) in [6.07, 6.45) is 0.607. The first kappa shape index (κ1) is 22.1. The van der Waals surface area contributed by atoms with E-state index < -0.39 is 0 Å². The molecule has 2 aromatic carbocycles. The van der Waals surface area contributed by atoms with E-state index in [4.69, 9.17) is 4.52 Å². The SMILES string of the molecule is CN1CCN(Cc2cccc(CNC(=O)CCc3nc(-c4ccc(F)cc4)no3)c2)CC1. The Morgan fingerprint density at radius 1 is 1.09 bits per heavy atom. The Morgan fingerprint density at radius 3 is 2.62 bits per heavy atom. The lowest BCUT2D eigenvalue weighted by atomic mass is 10.1. The zero-order valence-electron chi connectivity index (χ0n) is 18.3. The second-order valence-corrected chi connectivity index (χ2v) is 8.19. The van der Waals surface area contributed by atoms with Crippen molar-refractivity contribution in [1.82, 2.24) is 25.3 Å². The Bertz CT molecular complexity index is 1030. The summed E-state index contributed by atoms with van der Waals surface area (Å²) in [5.74, 6) is 0.376. The highest BCUT2D eigenvalue weighted by Gasteiger charge is 2.14. The van der Waals surface area contributed by atoms with E-state index in [-0.39, 0.29) is 18.1 Å². The van der Waals surface area contributed by atoms with Gasteiger partial charge in [0.05, 0.1) is 0 Å². The van der Waals surface area contributed by atoms with Gasteiger partial charge in [0.25, 0.3) is 0 Å². The summed E-state index contributed by atoms with van der Waals surface area (Å²) < 4.78 is 18.3. The number of hydrogen-bond acceptors (Lipinski definition) is 6. The van der Waals surface area contributed by atoms with E-state index in [1.807, 2.05) is 12.1 Å². The smallest absolute Gasteiger partial charge is 0.227 e. The minimum absolute atomic E-state index is 0.0731. The van der Waals surface area contributed by atoms with Crippen LogP contribution in [0.25, 0.3) is 11.4 Å². The van der Waals surface area contributed by atoms with Gasteiger partial charge in [-0.25, -0.2) is 4.39 Å². The lowest BCUT2D eigenvalue weighted by Gasteiger charge is -2.32. The molecule has 1 fully saturated rings. The van der Waals surface area contributed by atoms with E-state index in [0.29, 0.717) is 30.2 Å². The molecule has 1 amide bonds. The third kappa shape index (κ3) is 6.21. The summed E-state index contributed by atoms with van der Waals surface area (Å²) in [7, 11) is 2.16. The molecule has 0 aliphatic carbocycles. The van der Waals surface area contributed by atoms with E-state index in [0.717, 1.165) is 38.3 Å². The van der Waals surface area contributed by atoms with Crippen LogP contribution in [0.5, 0.6) is 0 Å². The van der Waals surface area contributed by atoms with E-state index in [9.17, 15) is 9.18 Å². The van der Waals surface area contributed by atoms with Crippen LogP contribution < -0.4 is 5.32 Å². The second-order valence-electron chi connectivity index (χ2n) is 8.19. The number of aromatic nitrogens is 2. The van der Waals surface area contributed by atoms with E-state index >= 15 is 0 Å². The van der Waals surface area contributed by atoms with Crippen molar-refractivity contribution in [2.24, 2.45) is 0 Å². The van der Waals surface area contributed by atoms with Crippen molar-refractivity contribution in [1.29, 1.82) is 0 Å². The topological polar surface area (TPSA) is 74.5 Å². The minimum Gasteiger partial charge on any atom is -0.352 e. The lowest BCUT2D eigenvalue weighted by Crippen LogP contribution is -2.43. The van der Waals surface area contributed by atoms with Crippen molar-refractivity contribution in [3.63, 3.8) is 0 Å². The monoisotopic (exact) mass is 437 g/mol. The summed E-state index contributed by atoms with van der Waals surface area (Å²) in [4.78, 5) is 21.4. The average molecular weight is 438 g/mol. The third-order valence-electron chi connectivity index (χ3n) is 5.62. The lowest BCUT2D eigenvalue weighted by molar-refractivity contribution is -0.121. The maximum absolute atomic E-state index is 13.0. The van der Waals surface area contributed by atoms with Gasteiger partial charge in [-0.15, -0.1) is 0 Å². The largest absolute Gasteiger partial charge is 0.352 e. The van der Waals surface area contributed by atoms with Gasteiger partial charge < -0.3 is 14.7 Å². The number of hydrogen-bond donors (Lipinski definition) is 1. The van der Waals surface area contributed by atoms with Crippen molar-refractivity contribution < 1.29 is 13.7 Å². The number of carbonyl (C=O) groups is 1. The first-order chi connectivity index (χ1) is 15.5. The van der Waals surface area contributed by atoms with Gasteiger partial charge in [-0.05, 0) is 42.4 Å². The van der Waals surface area contributed by atoms with Crippen LogP contribution in [-0.4, -0.2) is 59.1 Å². The van der Waals surface area contributed by atoms with Gasteiger partial charge in [0.1, 0.15) is 5.82 Å². The van der Waals surface area contributed by atoms with Crippen LogP contribution in [0.3, 0.4) is 0 Å². The maximum Gasteiger partial charge on any atom is 0.227 e. The number of likely N-dealkylation sites (N-methyl/N-ethyl adjacent to an activating group) is 1. The number of nitrogens with one attached hydrogen (secondary N) is 1. The molecule has 168 valence electrons. The van der Waals surface area contributed by atoms with Gasteiger partial charge in [-0.1, -0.05) is 29.4 Å². The molecule has 1 aliphatic rings. The molecule has 0 saturated carbocycles. The molecular weight excluding hydrogens is 409 g/mol. The Morgan fingerprint density at radius 2 is 1.84 bits per heavy atom. The molecule has 1 aromatic heterocycles. The number of aryl methyl sites for hydroxylation is 1. The predicted molar refractivity (Wildman–Crippen MR) is 119 cm³/mol. The minimum atomic E-state index is -0.320. The van der Waals surface area contributed by atoms with Crippen LogP contribution in [0.15, 0.2) is 53.1 Å². The van der Waals surface area contributed by atoms with Crippen LogP contribution >= 0.6 is 0 Å². The van der Waals surface area contributed by atoms with Gasteiger partial charge in [-0.3, -0.25) is 9.69 Å². The Balaban J connectivity index is 1.22. The molecule has 0 bridgehead atoms. The van der Waals surface area contributed by atoms with Gasteiger partial charge in [0, 0.05) is 57.7 Å². The van der Waals surface area contributed by atoms with Gasteiger partial charge in [0.2, 0.25) is 17.6 Å². The van der Waals surface area contributed by atoms with Crippen LogP contribution in [0.4, 0.5) is 4.39 Å². The fourth-order valence-electron chi connectivity index (χ4n) is 3.68. The first-order valence-electron chi connectivity index (χ1n) is 10.9. The highest BCUT2D eigenvalue weighted by Crippen LogP contribution is 2.16. The summed E-state index contributed by atoms with van der Waals surface area (Å²) in [5, 5.41) is 6.86. The molecule has 2 heterocycles. The second kappa shape index (κ2) is 10.5. The number of amides is 1. The van der Waals surface area contributed by atoms with Gasteiger partial charge in [0.15, 0.2) is 0 Å².